The van der Waals surface area contributed by atoms with Crippen LogP contribution in [-0.4, -0.2) is 5.11 Å². The summed E-state index contributed by atoms with van der Waals surface area (Å²) in [6.07, 6.45) is 0. The number of halogens is 1. The highest BCUT2D eigenvalue weighted by atomic mass is 79.9. The summed E-state index contributed by atoms with van der Waals surface area (Å²) in [5.74, 6) is 1.36. The van der Waals surface area contributed by atoms with E-state index in [1.807, 2.05) is 31.2 Å². The minimum absolute atomic E-state index is 0.0625. The molecule has 0 amide bonds. The van der Waals surface area contributed by atoms with Crippen LogP contribution >= 0.6 is 15.9 Å². The van der Waals surface area contributed by atoms with Crippen LogP contribution in [0.15, 0.2) is 39.2 Å². The normalized spacial score (nSPS) is 10.6. The van der Waals surface area contributed by atoms with Gasteiger partial charge in [0, 0.05) is 10.0 Å². The Labute approximate surface area is 96.7 Å². The number of aliphatic hydroxyl groups is 1. The van der Waals surface area contributed by atoms with Crippen molar-refractivity contribution in [2.75, 3.05) is 0 Å². The topological polar surface area (TPSA) is 33.4 Å². The van der Waals surface area contributed by atoms with Crippen LogP contribution in [0.5, 0.6) is 0 Å². The second-order valence-electron chi connectivity index (χ2n) is 3.39. The SMILES string of the molecule is Cc1ccc(-c2ccc(CO)o2)cc1Br. The number of hydrogen-bond donors (Lipinski definition) is 1. The Bertz CT molecular complexity index is 474. The lowest BCUT2D eigenvalue weighted by Crippen LogP contribution is -1.79. The number of aliphatic hydroxyl groups excluding tert-OH is 1. The molecular formula is C12H11BrO2. The third-order valence-corrected chi connectivity index (χ3v) is 3.13. The molecule has 1 N–H and O–H groups in total. The van der Waals surface area contributed by atoms with Gasteiger partial charge in [-0.05, 0) is 30.7 Å². The Kier molecular flexibility index (Phi) is 2.93. The smallest absolute Gasteiger partial charge is 0.134 e. The predicted molar refractivity (Wildman–Crippen MR) is 62.5 cm³/mol. The Morgan fingerprint density at radius 2 is 2.07 bits per heavy atom. The molecular weight excluding hydrogens is 256 g/mol. The first-order chi connectivity index (χ1) is 7.20. The lowest BCUT2D eigenvalue weighted by Gasteiger charge is -2.01. The molecule has 0 saturated heterocycles. The van der Waals surface area contributed by atoms with Crippen molar-refractivity contribution < 1.29 is 9.52 Å². The molecule has 0 atom stereocenters. The summed E-state index contributed by atoms with van der Waals surface area (Å²) in [5, 5.41) is 8.89. The van der Waals surface area contributed by atoms with Gasteiger partial charge >= 0.3 is 0 Å². The minimum Gasteiger partial charge on any atom is -0.459 e. The monoisotopic (exact) mass is 266 g/mol. The van der Waals surface area contributed by atoms with E-state index in [-0.39, 0.29) is 6.61 Å². The average molecular weight is 267 g/mol. The Morgan fingerprint density at radius 3 is 2.67 bits per heavy atom. The van der Waals surface area contributed by atoms with Gasteiger partial charge in [0.15, 0.2) is 0 Å². The molecule has 78 valence electrons. The van der Waals surface area contributed by atoms with Gasteiger partial charge in [-0.1, -0.05) is 28.1 Å². The molecule has 3 heteroatoms. The average Bonchev–Trinajstić information content (AvgIpc) is 2.70. The first-order valence-corrected chi connectivity index (χ1v) is 5.46. The summed E-state index contributed by atoms with van der Waals surface area (Å²) < 4.78 is 6.50. The fourth-order valence-electron chi connectivity index (χ4n) is 1.36. The highest BCUT2D eigenvalue weighted by Crippen LogP contribution is 2.27. The molecule has 0 fully saturated rings. The zero-order valence-corrected chi connectivity index (χ0v) is 9.91. The summed E-state index contributed by atoms with van der Waals surface area (Å²) >= 11 is 3.48. The summed E-state index contributed by atoms with van der Waals surface area (Å²) in [5.41, 5.74) is 2.19. The molecule has 2 aromatic rings. The predicted octanol–water partition coefficient (Wildman–Crippen LogP) is 3.51. The highest BCUT2D eigenvalue weighted by molar-refractivity contribution is 9.10. The molecule has 0 aliphatic rings. The molecule has 0 aliphatic carbocycles. The Morgan fingerprint density at radius 1 is 1.27 bits per heavy atom. The van der Waals surface area contributed by atoms with Crippen LogP contribution in [0.2, 0.25) is 0 Å². The maximum Gasteiger partial charge on any atom is 0.134 e. The Hall–Kier alpha value is -1.06. The number of rotatable bonds is 2. The third kappa shape index (κ3) is 2.13. The summed E-state index contributed by atoms with van der Waals surface area (Å²) in [6, 6.07) is 9.68. The molecule has 1 aromatic carbocycles. The van der Waals surface area contributed by atoms with E-state index in [0.717, 1.165) is 15.8 Å². The Balaban J connectivity index is 2.40. The molecule has 0 bridgehead atoms. The molecule has 1 heterocycles. The molecule has 0 aliphatic heterocycles. The zero-order chi connectivity index (χ0) is 10.8. The molecule has 15 heavy (non-hydrogen) atoms. The summed E-state index contributed by atoms with van der Waals surface area (Å²) in [7, 11) is 0. The van der Waals surface area contributed by atoms with Crippen LogP contribution in [-0.2, 0) is 6.61 Å². The van der Waals surface area contributed by atoms with Crippen molar-refractivity contribution in [3.05, 3.63) is 46.1 Å². The van der Waals surface area contributed by atoms with Gasteiger partial charge in [0.05, 0.1) is 0 Å². The van der Waals surface area contributed by atoms with Gasteiger partial charge in [-0.3, -0.25) is 0 Å². The van der Waals surface area contributed by atoms with Crippen LogP contribution in [0.4, 0.5) is 0 Å². The first kappa shape index (κ1) is 10.5. The third-order valence-electron chi connectivity index (χ3n) is 2.27. The van der Waals surface area contributed by atoms with Crippen molar-refractivity contribution in [2.45, 2.75) is 13.5 Å². The van der Waals surface area contributed by atoms with Crippen LogP contribution < -0.4 is 0 Å². The van der Waals surface area contributed by atoms with Gasteiger partial charge in [0.1, 0.15) is 18.1 Å². The number of aryl methyl sites for hydroxylation is 1. The lowest BCUT2D eigenvalue weighted by molar-refractivity contribution is 0.248. The van der Waals surface area contributed by atoms with E-state index < -0.39 is 0 Å². The van der Waals surface area contributed by atoms with Gasteiger partial charge in [-0.25, -0.2) is 0 Å². The van der Waals surface area contributed by atoms with E-state index in [4.69, 9.17) is 9.52 Å². The van der Waals surface area contributed by atoms with Gasteiger partial charge in [-0.15, -0.1) is 0 Å². The molecule has 2 rings (SSSR count). The van der Waals surface area contributed by atoms with E-state index >= 15 is 0 Å². The molecule has 0 saturated carbocycles. The fraction of sp³-hybridized carbons (Fsp3) is 0.167. The van der Waals surface area contributed by atoms with Crippen molar-refractivity contribution >= 4 is 15.9 Å². The minimum atomic E-state index is -0.0625. The standard InChI is InChI=1S/C12H11BrO2/c1-8-2-3-9(6-11(8)13)12-5-4-10(7-14)15-12/h2-6,14H,7H2,1H3. The van der Waals surface area contributed by atoms with Crippen molar-refractivity contribution in [3.8, 4) is 11.3 Å². The molecule has 2 nitrogen and oxygen atoms in total. The van der Waals surface area contributed by atoms with E-state index in [9.17, 15) is 0 Å². The number of hydrogen-bond acceptors (Lipinski definition) is 2. The summed E-state index contributed by atoms with van der Waals surface area (Å²) in [4.78, 5) is 0. The van der Waals surface area contributed by atoms with E-state index in [1.165, 1.54) is 5.56 Å². The first-order valence-electron chi connectivity index (χ1n) is 4.67. The van der Waals surface area contributed by atoms with Crippen molar-refractivity contribution in [3.63, 3.8) is 0 Å². The molecule has 0 radical (unpaired) electrons. The highest BCUT2D eigenvalue weighted by Gasteiger charge is 2.05. The second-order valence-corrected chi connectivity index (χ2v) is 4.24. The molecule has 0 unspecified atom stereocenters. The van der Waals surface area contributed by atoms with Crippen molar-refractivity contribution in [2.24, 2.45) is 0 Å². The van der Waals surface area contributed by atoms with Crippen molar-refractivity contribution in [1.82, 2.24) is 0 Å². The fourth-order valence-corrected chi connectivity index (χ4v) is 1.74. The van der Waals surface area contributed by atoms with E-state index in [2.05, 4.69) is 15.9 Å². The maximum absolute atomic E-state index is 8.89. The van der Waals surface area contributed by atoms with Crippen molar-refractivity contribution in [1.29, 1.82) is 0 Å². The quantitative estimate of drug-likeness (QED) is 0.903. The lowest BCUT2D eigenvalue weighted by atomic mass is 10.1. The van der Waals surface area contributed by atoms with Crippen LogP contribution in [0, 0.1) is 6.92 Å². The second kappa shape index (κ2) is 4.21. The van der Waals surface area contributed by atoms with E-state index in [1.54, 1.807) is 6.07 Å². The van der Waals surface area contributed by atoms with Gasteiger partial charge in [0.2, 0.25) is 0 Å². The van der Waals surface area contributed by atoms with Gasteiger partial charge in [-0.2, -0.15) is 0 Å². The largest absolute Gasteiger partial charge is 0.459 e. The van der Waals surface area contributed by atoms with Crippen LogP contribution in [0.3, 0.4) is 0 Å². The zero-order valence-electron chi connectivity index (χ0n) is 8.33. The van der Waals surface area contributed by atoms with Crippen LogP contribution in [0.1, 0.15) is 11.3 Å². The molecule has 1 aromatic heterocycles. The van der Waals surface area contributed by atoms with Gasteiger partial charge < -0.3 is 9.52 Å². The number of furan rings is 1. The number of benzene rings is 1. The van der Waals surface area contributed by atoms with E-state index in [0.29, 0.717) is 5.76 Å². The van der Waals surface area contributed by atoms with Crippen LogP contribution in [0.25, 0.3) is 11.3 Å². The maximum atomic E-state index is 8.89. The van der Waals surface area contributed by atoms with Gasteiger partial charge in [0.25, 0.3) is 0 Å². The summed E-state index contributed by atoms with van der Waals surface area (Å²) in [6.45, 7) is 1.97. The molecule has 0 spiro atoms.